The van der Waals surface area contributed by atoms with Gasteiger partial charge in [0.2, 0.25) is 0 Å². The van der Waals surface area contributed by atoms with Crippen molar-refractivity contribution in [1.29, 1.82) is 5.26 Å². The Balaban J connectivity index is 2.62. The van der Waals surface area contributed by atoms with Crippen LogP contribution in [0.4, 0.5) is 0 Å². The molecule has 0 bridgehead atoms. The number of nitriles is 1. The second-order valence-electron chi connectivity index (χ2n) is 5.05. The maximum Gasteiger partial charge on any atom is 0.331 e. The van der Waals surface area contributed by atoms with Crippen molar-refractivity contribution in [2.75, 3.05) is 20.2 Å². The van der Waals surface area contributed by atoms with Gasteiger partial charge in [-0.15, -0.1) is 0 Å². The van der Waals surface area contributed by atoms with Gasteiger partial charge in [0.25, 0.3) is 5.91 Å². The SMILES string of the molecule is CCOc1ccccc1/C=C/C(=O)O[C@H](C)C(=O)N(C)CCC#N. The fraction of sp³-hybridized carbons (Fsp3) is 0.389. The van der Waals surface area contributed by atoms with Crippen LogP contribution in [0.1, 0.15) is 25.8 Å². The van der Waals surface area contributed by atoms with Gasteiger partial charge in [-0.2, -0.15) is 5.26 Å². The summed E-state index contributed by atoms with van der Waals surface area (Å²) in [6.07, 6.45) is 2.17. The Morgan fingerprint density at radius 1 is 1.38 bits per heavy atom. The van der Waals surface area contributed by atoms with Gasteiger partial charge in [0.1, 0.15) is 5.75 Å². The lowest BCUT2D eigenvalue weighted by molar-refractivity contribution is -0.154. The Hall–Kier alpha value is -2.81. The van der Waals surface area contributed by atoms with E-state index >= 15 is 0 Å². The molecule has 0 aliphatic carbocycles. The van der Waals surface area contributed by atoms with E-state index < -0.39 is 12.1 Å². The lowest BCUT2D eigenvalue weighted by atomic mass is 10.2. The Morgan fingerprint density at radius 3 is 2.75 bits per heavy atom. The zero-order valence-electron chi connectivity index (χ0n) is 14.2. The smallest absolute Gasteiger partial charge is 0.331 e. The normalized spacial score (nSPS) is 11.6. The fourth-order valence-electron chi connectivity index (χ4n) is 1.97. The molecule has 6 heteroatoms. The molecule has 128 valence electrons. The highest BCUT2D eigenvalue weighted by molar-refractivity contribution is 5.90. The van der Waals surface area contributed by atoms with Crippen molar-refractivity contribution >= 4 is 18.0 Å². The van der Waals surface area contributed by atoms with Crippen molar-refractivity contribution in [2.24, 2.45) is 0 Å². The van der Waals surface area contributed by atoms with Crippen LogP contribution in [0.15, 0.2) is 30.3 Å². The van der Waals surface area contributed by atoms with E-state index in [9.17, 15) is 9.59 Å². The van der Waals surface area contributed by atoms with Crippen molar-refractivity contribution in [3.8, 4) is 11.8 Å². The fourth-order valence-corrected chi connectivity index (χ4v) is 1.97. The van der Waals surface area contributed by atoms with Gasteiger partial charge in [-0.1, -0.05) is 18.2 Å². The van der Waals surface area contributed by atoms with Crippen LogP contribution < -0.4 is 4.74 Å². The molecule has 0 fully saturated rings. The van der Waals surface area contributed by atoms with Gasteiger partial charge >= 0.3 is 5.97 Å². The first kappa shape index (κ1) is 19.2. The first-order valence-corrected chi connectivity index (χ1v) is 7.72. The molecule has 0 unspecified atom stereocenters. The summed E-state index contributed by atoms with van der Waals surface area (Å²) in [6, 6.07) is 9.27. The quantitative estimate of drug-likeness (QED) is 0.540. The number of amides is 1. The molecule has 0 heterocycles. The van der Waals surface area contributed by atoms with Gasteiger partial charge in [-0.05, 0) is 26.0 Å². The van der Waals surface area contributed by atoms with E-state index in [0.717, 1.165) is 5.56 Å². The molecule has 1 aromatic rings. The number of nitrogens with zero attached hydrogens (tertiary/aromatic N) is 2. The summed E-state index contributed by atoms with van der Waals surface area (Å²) in [5, 5.41) is 8.53. The number of carbonyl (C=O) groups is 2. The molecule has 0 saturated carbocycles. The topological polar surface area (TPSA) is 79.6 Å². The van der Waals surface area contributed by atoms with Crippen LogP contribution in [-0.2, 0) is 14.3 Å². The van der Waals surface area contributed by atoms with Crippen LogP contribution in [0.3, 0.4) is 0 Å². The molecule has 0 aliphatic heterocycles. The Morgan fingerprint density at radius 2 is 2.08 bits per heavy atom. The number of hydrogen-bond acceptors (Lipinski definition) is 5. The second-order valence-corrected chi connectivity index (χ2v) is 5.05. The molecule has 0 N–H and O–H groups in total. The molecule has 0 saturated heterocycles. The summed E-state index contributed by atoms with van der Waals surface area (Å²) >= 11 is 0. The lowest BCUT2D eigenvalue weighted by Crippen LogP contribution is -2.37. The van der Waals surface area contributed by atoms with Crippen LogP contribution in [-0.4, -0.2) is 43.1 Å². The molecular weight excluding hydrogens is 308 g/mol. The van der Waals surface area contributed by atoms with Crippen LogP contribution in [0, 0.1) is 11.3 Å². The number of rotatable bonds is 8. The molecule has 1 rings (SSSR count). The molecule has 24 heavy (non-hydrogen) atoms. The van der Waals surface area contributed by atoms with E-state index in [1.165, 1.54) is 17.9 Å². The average Bonchev–Trinajstić information content (AvgIpc) is 2.58. The van der Waals surface area contributed by atoms with Crippen molar-refractivity contribution in [2.45, 2.75) is 26.4 Å². The molecule has 1 aromatic carbocycles. The molecule has 6 nitrogen and oxygen atoms in total. The third-order valence-electron chi connectivity index (χ3n) is 3.19. The summed E-state index contributed by atoms with van der Waals surface area (Å²) < 4.78 is 10.6. The van der Waals surface area contributed by atoms with E-state index in [1.54, 1.807) is 13.1 Å². The minimum absolute atomic E-state index is 0.233. The van der Waals surface area contributed by atoms with Crippen LogP contribution in [0.25, 0.3) is 6.08 Å². The van der Waals surface area contributed by atoms with Gasteiger partial charge in [-0.25, -0.2) is 4.79 Å². The summed E-state index contributed by atoms with van der Waals surface area (Å²) in [4.78, 5) is 25.2. The van der Waals surface area contributed by atoms with Crippen molar-refractivity contribution in [1.82, 2.24) is 4.90 Å². The number of hydrogen-bond donors (Lipinski definition) is 0. The summed E-state index contributed by atoms with van der Waals surface area (Å²) in [5.41, 5.74) is 0.751. The number of likely N-dealkylation sites (N-methyl/N-ethyl adjacent to an activating group) is 1. The number of para-hydroxylation sites is 1. The molecular formula is C18H22N2O4. The van der Waals surface area contributed by atoms with Crippen LogP contribution >= 0.6 is 0 Å². The molecule has 0 radical (unpaired) electrons. The summed E-state index contributed by atoms with van der Waals surface area (Å²) in [7, 11) is 1.57. The Bertz CT molecular complexity index is 634. The summed E-state index contributed by atoms with van der Waals surface area (Å²) in [6.45, 7) is 4.21. The van der Waals surface area contributed by atoms with Crippen LogP contribution in [0.5, 0.6) is 5.75 Å². The van der Waals surface area contributed by atoms with Gasteiger partial charge < -0.3 is 14.4 Å². The average molecular weight is 330 g/mol. The van der Waals surface area contributed by atoms with Crippen molar-refractivity contribution < 1.29 is 19.1 Å². The summed E-state index contributed by atoms with van der Waals surface area (Å²) in [5.74, 6) is -0.290. The molecule has 1 amide bonds. The van der Waals surface area contributed by atoms with Gasteiger partial charge in [0.15, 0.2) is 6.10 Å². The van der Waals surface area contributed by atoms with Gasteiger partial charge in [0.05, 0.1) is 19.1 Å². The standard InChI is InChI=1S/C18H22N2O4/c1-4-23-16-9-6-5-8-15(16)10-11-17(21)24-14(2)18(22)20(3)13-7-12-19/h5-6,8-11,14H,4,7,13H2,1-3H3/b11-10+/t14-/m1/s1. The molecule has 0 spiro atoms. The third kappa shape index (κ3) is 6.13. The number of ether oxygens (including phenoxy) is 2. The minimum Gasteiger partial charge on any atom is -0.493 e. The minimum atomic E-state index is -0.909. The number of benzene rings is 1. The highest BCUT2D eigenvalue weighted by atomic mass is 16.5. The third-order valence-corrected chi connectivity index (χ3v) is 3.19. The first-order chi connectivity index (χ1) is 11.5. The van der Waals surface area contributed by atoms with Crippen LogP contribution in [0.2, 0.25) is 0 Å². The largest absolute Gasteiger partial charge is 0.493 e. The monoisotopic (exact) mass is 330 g/mol. The van der Waals surface area contributed by atoms with E-state index in [0.29, 0.717) is 18.9 Å². The van der Waals surface area contributed by atoms with Crippen molar-refractivity contribution in [3.63, 3.8) is 0 Å². The molecule has 1 atom stereocenters. The highest BCUT2D eigenvalue weighted by Crippen LogP contribution is 2.19. The molecule has 0 aromatic heterocycles. The zero-order chi connectivity index (χ0) is 17.9. The Labute approximate surface area is 142 Å². The van der Waals surface area contributed by atoms with Crippen molar-refractivity contribution in [3.05, 3.63) is 35.9 Å². The number of carbonyl (C=O) groups excluding carboxylic acids is 2. The number of esters is 1. The van der Waals surface area contributed by atoms with Gasteiger partial charge in [0, 0.05) is 25.2 Å². The maximum atomic E-state index is 12.0. The maximum absolute atomic E-state index is 12.0. The predicted molar refractivity (Wildman–Crippen MR) is 90.1 cm³/mol. The second kappa shape index (κ2) is 10.1. The van der Waals surface area contributed by atoms with Gasteiger partial charge in [-0.3, -0.25) is 4.79 Å². The Kier molecular flexibility index (Phi) is 8.06. The van der Waals surface area contributed by atoms with E-state index in [4.69, 9.17) is 14.7 Å². The van der Waals surface area contributed by atoms with E-state index in [1.807, 2.05) is 37.3 Å². The molecule has 0 aliphatic rings. The highest BCUT2D eigenvalue weighted by Gasteiger charge is 2.20. The van der Waals surface area contributed by atoms with E-state index in [2.05, 4.69) is 0 Å². The zero-order valence-corrected chi connectivity index (χ0v) is 14.2. The van der Waals surface area contributed by atoms with E-state index in [-0.39, 0.29) is 12.3 Å². The lowest BCUT2D eigenvalue weighted by Gasteiger charge is -2.19. The predicted octanol–water partition coefficient (Wildman–Crippen LogP) is 2.40. The first-order valence-electron chi connectivity index (χ1n) is 7.72.